The van der Waals surface area contributed by atoms with Crippen LogP contribution >= 0.6 is 0 Å². The number of benzene rings is 2. The van der Waals surface area contributed by atoms with Gasteiger partial charge in [-0.2, -0.15) is 0 Å². The molecule has 0 fully saturated rings. The fraction of sp³-hybridized carbons (Fsp3) is 0.217. The van der Waals surface area contributed by atoms with Gasteiger partial charge < -0.3 is 14.8 Å². The zero-order chi connectivity index (χ0) is 20.6. The van der Waals surface area contributed by atoms with E-state index in [9.17, 15) is 4.79 Å². The number of aromatic nitrogens is 3. The highest BCUT2D eigenvalue weighted by molar-refractivity contribution is 5.83. The van der Waals surface area contributed by atoms with Crippen LogP contribution in [-0.2, 0) is 24.7 Å². The van der Waals surface area contributed by atoms with Crippen molar-refractivity contribution in [2.24, 2.45) is 7.05 Å². The predicted molar refractivity (Wildman–Crippen MR) is 117 cm³/mol. The van der Waals surface area contributed by atoms with Gasteiger partial charge >= 0.3 is 0 Å². The molecular weight excluding hydrogens is 364 g/mol. The Balaban J connectivity index is 0.000000755. The molecule has 0 bridgehead atoms. The molecular formula is C23H26N4O2. The third-order valence-corrected chi connectivity index (χ3v) is 4.89. The summed E-state index contributed by atoms with van der Waals surface area (Å²) >= 11 is 0. The molecule has 0 saturated heterocycles. The van der Waals surface area contributed by atoms with Crippen LogP contribution in [0.5, 0.6) is 0 Å². The summed E-state index contributed by atoms with van der Waals surface area (Å²) in [6, 6.07) is 14.5. The molecule has 0 aliphatic heterocycles. The number of aromatic amines is 1. The second-order valence-corrected chi connectivity index (χ2v) is 6.77. The highest BCUT2D eigenvalue weighted by atomic mass is 16.5. The van der Waals surface area contributed by atoms with Crippen LogP contribution < -0.4 is 5.48 Å². The second-order valence-electron chi connectivity index (χ2n) is 6.77. The summed E-state index contributed by atoms with van der Waals surface area (Å²) in [5.74, 6) is 1.09. The summed E-state index contributed by atoms with van der Waals surface area (Å²) in [5, 5.41) is 8.63. The van der Waals surface area contributed by atoms with Crippen LogP contribution in [0, 0.1) is 0 Å². The minimum absolute atomic E-state index is 0.790. The van der Waals surface area contributed by atoms with Crippen LogP contribution in [0.25, 0.3) is 28.0 Å². The highest BCUT2D eigenvalue weighted by Crippen LogP contribution is 2.21. The van der Waals surface area contributed by atoms with Gasteiger partial charge in [-0.15, -0.1) is 0 Å². The van der Waals surface area contributed by atoms with Gasteiger partial charge in [-0.25, -0.2) is 10.5 Å². The molecule has 0 aliphatic carbocycles. The number of rotatable bonds is 6. The minimum atomic E-state index is 0.790. The van der Waals surface area contributed by atoms with Crippen molar-refractivity contribution in [2.75, 3.05) is 7.05 Å². The third kappa shape index (κ3) is 4.80. The monoisotopic (exact) mass is 390 g/mol. The molecule has 0 saturated carbocycles. The number of imidazole rings is 1. The van der Waals surface area contributed by atoms with Crippen molar-refractivity contribution in [3.63, 3.8) is 0 Å². The number of carbonyl (C=O) groups is 1. The van der Waals surface area contributed by atoms with Gasteiger partial charge in [0.2, 0.25) is 0 Å². The molecule has 3 N–H and O–H groups in total. The Hall–Kier alpha value is -3.22. The number of allylic oxidation sites excluding steroid dienone is 1. The summed E-state index contributed by atoms with van der Waals surface area (Å²) in [7, 11) is 3.50. The van der Waals surface area contributed by atoms with Crippen molar-refractivity contribution >= 4 is 34.3 Å². The van der Waals surface area contributed by atoms with E-state index in [1.54, 1.807) is 11.6 Å². The molecule has 2 heterocycles. The smallest absolute Gasteiger partial charge is 0.142 e. The molecule has 0 aliphatic rings. The van der Waals surface area contributed by atoms with E-state index >= 15 is 0 Å². The lowest BCUT2D eigenvalue weighted by molar-refractivity contribution is -0.104. The number of H-pyrrole nitrogens is 1. The number of aldehydes is 1. The fourth-order valence-electron chi connectivity index (χ4n) is 3.52. The number of hydroxylamine groups is 1. The number of aryl methyl sites for hydroxylation is 3. The van der Waals surface area contributed by atoms with Gasteiger partial charge in [-0.1, -0.05) is 30.3 Å². The maximum Gasteiger partial charge on any atom is 0.142 e. The quantitative estimate of drug-likeness (QED) is 0.264. The lowest BCUT2D eigenvalue weighted by Crippen LogP contribution is -1.99. The molecule has 4 aromatic rings. The Labute approximate surface area is 169 Å². The Morgan fingerprint density at radius 2 is 2.00 bits per heavy atom. The average Bonchev–Trinajstić information content (AvgIpc) is 3.28. The van der Waals surface area contributed by atoms with E-state index in [4.69, 9.17) is 10.2 Å². The molecule has 29 heavy (non-hydrogen) atoms. The zero-order valence-corrected chi connectivity index (χ0v) is 16.7. The van der Waals surface area contributed by atoms with Crippen LogP contribution in [0.15, 0.2) is 54.7 Å². The second kappa shape index (κ2) is 9.82. The molecule has 0 unspecified atom stereocenters. The molecule has 150 valence electrons. The van der Waals surface area contributed by atoms with Gasteiger partial charge in [0.05, 0.1) is 11.0 Å². The normalized spacial score (nSPS) is 11.1. The molecule has 6 heteroatoms. The summed E-state index contributed by atoms with van der Waals surface area (Å²) in [6.45, 7) is 0. The van der Waals surface area contributed by atoms with Crippen molar-refractivity contribution in [3.05, 3.63) is 71.7 Å². The summed E-state index contributed by atoms with van der Waals surface area (Å²) in [5.41, 5.74) is 7.40. The number of fused-ring (bicyclic) bond motifs is 2. The zero-order valence-electron chi connectivity index (χ0n) is 16.7. The van der Waals surface area contributed by atoms with E-state index < -0.39 is 0 Å². The van der Waals surface area contributed by atoms with E-state index in [-0.39, 0.29) is 0 Å². The SMILES string of the molecule is CNO.Cn1c(CCCc2c[nH]c3ccccc23)nc2cc(/C=C/C=O)ccc21. The van der Waals surface area contributed by atoms with Crippen LogP contribution in [-0.4, -0.2) is 33.1 Å². The molecule has 4 rings (SSSR count). The number of carbonyl (C=O) groups excluding carboxylic acids is 1. The van der Waals surface area contributed by atoms with Gasteiger partial charge in [0.25, 0.3) is 0 Å². The number of hydrogen-bond donors (Lipinski definition) is 3. The molecule has 2 aromatic heterocycles. The lowest BCUT2D eigenvalue weighted by Gasteiger charge is -2.03. The van der Waals surface area contributed by atoms with Crippen molar-refractivity contribution in [3.8, 4) is 0 Å². The molecule has 6 nitrogen and oxygen atoms in total. The first-order valence-corrected chi connectivity index (χ1v) is 9.61. The van der Waals surface area contributed by atoms with E-state index in [2.05, 4.69) is 53.1 Å². The number of hydrogen-bond acceptors (Lipinski definition) is 4. The Morgan fingerprint density at radius 3 is 2.79 bits per heavy atom. The first kappa shape index (κ1) is 20.5. The van der Waals surface area contributed by atoms with Gasteiger partial charge in [-0.3, -0.25) is 4.79 Å². The van der Waals surface area contributed by atoms with Crippen molar-refractivity contribution in [2.45, 2.75) is 19.3 Å². The fourth-order valence-corrected chi connectivity index (χ4v) is 3.52. The Kier molecular flexibility index (Phi) is 6.94. The first-order valence-electron chi connectivity index (χ1n) is 9.61. The van der Waals surface area contributed by atoms with Crippen molar-refractivity contribution in [1.29, 1.82) is 0 Å². The molecule has 0 spiro atoms. The van der Waals surface area contributed by atoms with Crippen LogP contribution in [0.2, 0.25) is 0 Å². The average molecular weight is 390 g/mol. The molecule has 0 atom stereocenters. The van der Waals surface area contributed by atoms with Gasteiger partial charge in [-0.05, 0) is 48.2 Å². The molecule has 0 amide bonds. The van der Waals surface area contributed by atoms with Gasteiger partial charge in [0.15, 0.2) is 0 Å². The summed E-state index contributed by atoms with van der Waals surface area (Å²) in [4.78, 5) is 18.6. The Bertz CT molecular complexity index is 1120. The molecule has 0 radical (unpaired) electrons. The molecule has 2 aromatic carbocycles. The predicted octanol–water partition coefficient (Wildman–Crippen LogP) is 4.04. The number of para-hydroxylation sites is 1. The van der Waals surface area contributed by atoms with Crippen LogP contribution in [0.4, 0.5) is 0 Å². The van der Waals surface area contributed by atoms with Gasteiger partial charge in [0.1, 0.15) is 12.1 Å². The van der Waals surface area contributed by atoms with E-state index in [0.29, 0.717) is 0 Å². The van der Waals surface area contributed by atoms with Crippen LogP contribution in [0.1, 0.15) is 23.4 Å². The number of nitrogens with one attached hydrogen (secondary N) is 2. The highest BCUT2D eigenvalue weighted by Gasteiger charge is 2.09. The van der Waals surface area contributed by atoms with Crippen molar-refractivity contribution < 1.29 is 10.0 Å². The maximum atomic E-state index is 10.5. The van der Waals surface area contributed by atoms with E-state index in [1.165, 1.54) is 29.6 Å². The van der Waals surface area contributed by atoms with E-state index in [0.717, 1.165) is 48.0 Å². The Morgan fingerprint density at radius 1 is 1.21 bits per heavy atom. The standard InChI is InChI=1S/C22H21N3O.CH5NO/c1-25-21-12-11-16(6-5-13-26)14-20(21)24-22(25)10-4-7-17-15-23-19-9-3-2-8-18(17)19;1-2-3/h2-3,5-6,8-9,11-15,23H,4,7,10H2,1H3;2-3H,1H3/b6-5+;. The van der Waals surface area contributed by atoms with Crippen molar-refractivity contribution in [1.82, 2.24) is 20.0 Å². The summed E-state index contributed by atoms with van der Waals surface area (Å²) in [6.07, 6.45) is 9.23. The lowest BCUT2D eigenvalue weighted by atomic mass is 10.1. The number of nitrogens with zero attached hydrogens (tertiary/aromatic N) is 2. The topological polar surface area (TPSA) is 82.9 Å². The van der Waals surface area contributed by atoms with E-state index in [1.807, 2.05) is 12.1 Å². The maximum absolute atomic E-state index is 10.5. The van der Waals surface area contributed by atoms with Gasteiger partial charge in [0, 0.05) is 37.6 Å². The minimum Gasteiger partial charge on any atom is -0.361 e. The largest absolute Gasteiger partial charge is 0.361 e. The van der Waals surface area contributed by atoms with Crippen LogP contribution in [0.3, 0.4) is 0 Å². The summed E-state index contributed by atoms with van der Waals surface area (Å²) < 4.78 is 2.16. The first-order chi connectivity index (χ1) is 14.2. The third-order valence-electron chi connectivity index (χ3n) is 4.89.